The lowest BCUT2D eigenvalue weighted by molar-refractivity contribution is -0.384. The zero-order valence-electron chi connectivity index (χ0n) is 13.6. The van der Waals surface area contributed by atoms with Crippen molar-refractivity contribution >= 4 is 17.6 Å². The molecule has 1 amide bonds. The fraction of sp³-hybridized carbons (Fsp3) is 0.312. The van der Waals surface area contributed by atoms with Gasteiger partial charge in [-0.05, 0) is 18.6 Å². The number of nitro benzene ring substituents is 1. The van der Waals surface area contributed by atoms with Gasteiger partial charge in [0.2, 0.25) is 0 Å². The van der Waals surface area contributed by atoms with E-state index < -0.39 is 22.3 Å². The summed E-state index contributed by atoms with van der Waals surface area (Å²) in [5.74, 6) is -1.64. The van der Waals surface area contributed by atoms with Gasteiger partial charge >= 0.3 is 5.97 Å². The van der Waals surface area contributed by atoms with E-state index in [9.17, 15) is 19.7 Å². The molecule has 2 heterocycles. The Morgan fingerprint density at radius 2 is 2.27 bits per heavy atom. The van der Waals surface area contributed by atoms with Crippen LogP contribution in [0.15, 0.2) is 36.9 Å². The molecule has 0 bridgehead atoms. The number of hydrogen-bond donors (Lipinski definition) is 2. The summed E-state index contributed by atoms with van der Waals surface area (Å²) in [5, 5.41) is 23.1. The highest BCUT2D eigenvalue weighted by molar-refractivity contribution is 5.96. The van der Waals surface area contributed by atoms with E-state index >= 15 is 0 Å². The van der Waals surface area contributed by atoms with E-state index in [0.717, 1.165) is 6.07 Å². The van der Waals surface area contributed by atoms with Crippen LogP contribution in [0, 0.1) is 10.1 Å². The van der Waals surface area contributed by atoms with Crippen molar-refractivity contribution in [1.82, 2.24) is 14.9 Å². The second kappa shape index (κ2) is 6.92. The number of hydrogen-bond acceptors (Lipinski definition) is 6. The number of carbonyl (C=O) groups is 2. The lowest BCUT2D eigenvalue weighted by Crippen LogP contribution is -2.50. The third kappa shape index (κ3) is 3.54. The molecule has 2 aromatic rings. The van der Waals surface area contributed by atoms with Gasteiger partial charge in [0.25, 0.3) is 11.6 Å². The van der Waals surface area contributed by atoms with Gasteiger partial charge in [0.15, 0.2) is 0 Å². The highest BCUT2D eigenvalue weighted by atomic mass is 16.6. The van der Waals surface area contributed by atoms with Gasteiger partial charge in [-0.2, -0.15) is 0 Å². The topological polar surface area (TPSA) is 137 Å². The number of aromatic nitrogens is 2. The number of ether oxygens (including phenoxy) is 1. The molecule has 0 aliphatic carbocycles. The first kappa shape index (κ1) is 17.5. The predicted octanol–water partition coefficient (Wildman–Crippen LogP) is 1.14. The number of imidazole rings is 1. The van der Waals surface area contributed by atoms with E-state index in [1.165, 1.54) is 29.2 Å². The van der Waals surface area contributed by atoms with Crippen LogP contribution >= 0.6 is 0 Å². The molecule has 1 aliphatic heterocycles. The van der Waals surface area contributed by atoms with Crippen LogP contribution < -0.4 is 5.32 Å². The number of rotatable bonds is 6. The Bertz CT molecular complexity index is 842. The molecule has 3 rings (SSSR count). The number of nitro groups is 1. The Labute approximate surface area is 147 Å². The summed E-state index contributed by atoms with van der Waals surface area (Å²) >= 11 is 0. The minimum atomic E-state index is -1.06. The van der Waals surface area contributed by atoms with Gasteiger partial charge in [0.05, 0.1) is 29.8 Å². The van der Waals surface area contributed by atoms with Crippen molar-refractivity contribution < 1.29 is 24.4 Å². The molecule has 0 radical (unpaired) electrons. The Kier molecular flexibility index (Phi) is 4.67. The standard InChI is InChI=1S/C16H16N4O6/c21-14(22)8-16(3-6-26-9-16)18-15(23)11-1-2-12(13(7-11)20(24)25)19-5-4-17-10-19/h1-2,4-5,7,10H,3,6,8-9H2,(H,18,23)(H,21,22). The first-order valence-corrected chi connectivity index (χ1v) is 7.79. The molecule has 1 aromatic carbocycles. The Morgan fingerprint density at radius 3 is 2.85 bits per heavy atom. The number of carbonyl (C=O) groups excluding carboxylic acids is 1. The van der Waals surface area contributed by atoms with Crippen molar-refractivity contribution in [3.05, 3.63) is 52.6 Å². The summed E-state index contributed by atoms with van der Waals surface area (Å²) in [5.41, 5.74) is -0.933. The van der Waals surface area contributed by atoms with Crippen LogP contribution in [0.4, 0.5) is 5.69 Å². The van der Waals surface area contributed by atoms with Gasteiger partial charge in [-0.3, -0.25) is 19.7 Å². The van der Waals surface area contributed by atoms with E-state index in [2.05, 4.69) is 10.3 Å². The largest absolute Gasteiger partial charge is 0.481 e. The number of amides is 1. The highest BCUT2D eigenvalue weighted by Crippen LogP contribution is 2.26. The summed E-state index contributed by atoms with van der Waals surface area (Å²) in [4.78, 5) is 38.3. The minimum absolute atomic E-state index is 0.0669. The third-order valence-corrected chi connectivity index (χ3v) is 4.19. The monoisotopic (exact) mass is 360 g/mol. The molecule has 1 unspecified atom stereocenters. The van der Waals surface area contributed by atoms with Crippen molar-refractivity contribution in [3.63, 3.8) is 0 Å². The van der Waals surface area contributed by atoms with Gasteiger partial charge < -0.3 is 19.7 Å². The lowest BCUT2D eigenvalue weighted by atomic mass is 9.93. The maximum Gasteiger partial charge on any atom is 0.305 e. The number of carboxylic acid groups (broad SMARTS) is 1. The van der Waals surface area contributed by atoms with Gasteiger partial charge in [-0.25, -0.2) is 4.98 Å². The van der Waals surface area contributed by atoms with Crippen LogP contribution in [-0.4, -0.2) is 50.2 Å². The quantitative estimate of drug-likeness (QED) is 0.582. The number of carboxylic acids is 1. The molecule has 10 nitrogen and oxygen atoms in total. The number of benzene rings is 1. The molecular formula is C16H16N4O6. The molecule has 2 N–H and O–H groups in total. The van der Waals surface area contributed by atoms with Gasteiger partial charge in [-0.15, -0.1) is 0 Å². The zero-order chi connectivity index (χ0) is 18.7. The van der Waals surface area contributed by atoms with Gasteiger partial charge in [-0.1, -0.05) is 0 Å². The molecule has 1 fully saturated rings. The molecule has 26 heavy (non-hydrogen) atoms. The first-order chi connectivity index (χ1) is 12.4. The van der Waals surface area contributed by atoms with Crippen molar-refractivity contribution in [2.45, 2.75) is 18.4 Å². The van der Waals surface area contributed by atoms with Gasteiger partial charge in [0, 0.05) is 30.6 Å². The van der Waals surface area contributed by atoms with E-state index in [1.54, 1.807) is 6.20 Å². The molecule has 1 saturated heterocycles. The second-order valence-corrected chi connectivity index (χ2v) is 6.04. The number of aliphatic carboxylic acids is 1. The zero-order valence-corrected chi connectivity index (χ0v) is 13.6. The van der Waals surface area contributed by atoms with Crippen LogP contribution in [-0.2, 0) is 9.53 Å². The van der Waals surface area contributed by atoms with E-state index in [1.807, 2.05) is 0 Å². The average Bonchev–Trinajstić information content (AvgIpc) is 3.25. The summed E-state index contributed by atoms with van der Waals surface area (Å²) < 4.78 is 6.70. The third-order valence-electron chi connectivity index (χ3n) is 4.19. The summed E-state index contributed by atoms with van der Waals surface area (Å²) in [6.07, 6.45) is 4.54. The maximum absolute atomic E-state index is 12.6. The summed E-state index contributed by atoms with van der Waals surface area (Å²) in [7, 11) is 0. The molecule has 1 atom stereocenters. The van der Waals surface area contributed by atoms with E-state index in [-0.39, 0.29) is 30.0 Å². The molecular weight excluding hydrogens is 344 g/mol. The van der Waals surface area contributed by atoms with Crippen LogP contribution in [0.3, 0.4) is 0 Å². The molecule has 1 aliphatic rings. The smallest absolute Gasteiger partial charge is 0.305 e. The van der Waals surface area contributed by atoms with Gasteiger partial charge in [0.1, 0.15) is 5.69 Å². The average molecular weight is 360 g/mol. The lowest BCUT2D eigenvalue weighted by Gasteiger charge is -2.27. The Hall–Kier alpha value is -3.27. The fourth-order valence-corrected chi connectivity index (χ4v) is 2.92. The summed E-state index contributed by atoms with van der Waals surface area (Å²) in [6.45, 7) is 0.424. The maximum atomic E-state index is 12.6. The number of nitrogens with one attached hydrogen (secondary N) is 1. The predicted molar refractivity (Wildman–Crippen MR) is 88.1 cm³/mol. The number of nitrogens with zero attached hydrogens (tertiary/aromatic N) is 3. The van der Waals surface area contributed by atoms with Crippen molar-refractivity contribution in [2.24, 2.45) is 0 Å². The minimum Gasteiger partial charge on any atom is -0.481 e. The van der Waals surface area contributed by atoms with Crippen LogP contribution in [0.25, 0.3) is 5.69 Å². The van der Waals surface area contributed by atoms with Crippen molar-refractivity contribution in [1.29, 1.82) is 0 Å². The van der Waals surface area contributed by atoms with E-state index in [4.69, 9.17) is 9.84 Å². The highest BCUT2D eigenvalue weighted by Gasteiger charge is 2.39. The SMILES string of the molecule is O=C(O)CC1(NC(=O)c2ccc(-n3ccnc3)c([N+](=O)[O-])c2)CCOC1. The second-order valence-electron chi connectivity index (χ2n) is 6.04. The molecule has 0 spiro atoms. The van der Waals surface area contributed by atoms with Crippen LogP contribution in [0.5, 0.6) is 0 Å². The summed E-state index contributed by atoms with van der Waals surface area (Å²) in [6, 6.07) is 4.06. The van der Waals surface area contributed by atoms with Crippen LogP contribution in [0.2, 0.25) is 0 Å². The molecule has 10 heteroatoms. The fourth-order valence-electron chi connectivity index (χ4n) is 2.92. The molecule has 0 saturated carbocycles. The Balaban J connectivity index is 1.89. The van der Waals surface area contributed by atoms with Crippen molar-refractivity contribution in [3.8, 4) is 5.69 Å². The normalized spacial score (nSPS) is 19.2. The van der Waals surface area contributed by atoms with Crippen LogP contribution in [0.1, 0.15) is 23.2 Å². The first-order valence-electron chi connectivity index (χ1n) is 7.79. The van der Waals surface area contributed by atoms with E-state index in [0.29, 0.717) is 13.0 Å². The molecule has 1 aromatic heterocycles. The van der Waals surface area contributed by atoms with Crippen molar-refractivity contribution in [2.75, 3.05) is 13.2 Å². The molecule has 136 valence electrons. The Morgan fingerprint density at radius 1 is 1.46 bits per heavy atom.